The summed E-state index contributed by atoms with van der Waals surface area (Å²) in [6.45, 7) is 6.17. The fourth-order valence-corrected chi connectivity index (χ4v) is 5.05. The van der Waals surface area contributed by atoms with E-state index in [0.717, 1.165) is 5.69 Å². The molecule has 180 valence electrons. The lowest BCUT2D eigenvalue weighted by atomic mass is 9.85. The molecule has 0 atom stereocenters. The van der Waals surface area contributed by atoms with Gasteiger partial charge in [-0.2, -0.15) is 0 Å². The number of carbonyl (C=O) groups is 3. The number of nitrogens with zero attached hydrogens (tertiary/aromatic N) is 4. The van der Waals surface area contributed by atoms with Crippen LogP contribution in [0.3, 0.4) is 0 Å². The Morgan fingerprint density at radius 1 is 1.00 bits per heavy atom. The first-order valence-electron chi connectivity index (χ1n) is 11.8. The number of benzene rings is 2. The van der Waals surface area contributed by atoms with Gasteiger partial charge >= 0.3 is 0 Å². The number of para-hydroxylation sites is 1. The molecule has 2 fully saturated rings. The van der Waals surface area contributed by atoms with Crippen LogP contribution in [0.15, 0.2) is 54.6 Å². The van der Waals surface area contributed by atoms with E-state index in [1.807, 2.05) is 44.2 Å². The summed E-state index contributed by atoms with van der Waals surface area (Å²) in [5.74, 6) is -0.828. The third-order valence-corrected chi connectivity index (χ3v) is 6.97. The summed E-state index contributed by atoms with van der Waals surface area (Å²) >= 11 is 0. The molecule has 0 N–H and O–H groups in total. The van der Waals surface area contributed by atoms with Crippen molar-refractivity contribution in [3.8, 4) is 0 Å². The van der Waals surface area contributed by atoms with E-state index in [9.17, 15) is 18.8 Å². The Morgan fingerprint density at radius 3 is 2.29 bits per heavy atom. The number of piperidine rings is 1. The molecule has 0 unspecified atom stereocenters. The van der Waals surface area contributed by atoms with Crippen LogP contribution in [0.2, 0.25) is 0 Å². The summed E-state index contributed by atoms with van der Waals surface area (Å²) < 4.78 is 13.6. The van der Waals surface area contributed by atoms with Gasteiger partial charge in [-0.1, -0.05) is 24.3 Å². The molecule has 8 heteroatoms. The van der Waals surface area contributed by atoms with Gasteiger partial charge in [0.25, 0.3) is 11.8 Å². The predicted molar refractivity (Wildman–Crippen MR) is 128 cm³/mol. The summed E-state index contributed by atoms with van der Waals surface area (Å²) in [7, 11) is 0. The molecule has 2 saturated heterocycles. The number of amides is 3. The second-order valence-electron chi connectivity index (χ2n) is 8.81. The van der Waals surface area contributed by atoms with Crippen LogP contribution in [0.1, 0.15) is 37.0 Å². The summed E-state index contributed by atoms with van der Waals surface area (Å²) in [6.07, 6.45) is 0.884. The van der Waals surface area contributed by atoms with Crippen LogP contribution >= 0.6 is 0 Å². The van der Waals surface area contributed by atoms with Gasteiger partial charge in [-0.05, 0) is 57.0 Å². The third-order valence-electron chi connectivity index (χ3n) is 6.97. The molecule has 0 saturated carbocycles. The molecule has 2 aromatic rings. The molecule has 0 bridgehead atoms. The molecule has 2 aromatic carbocycles. The fourth-order valence-electron chi connectivity index (χ4n) is 5.05. The maximum Gasteiger partial charge on any atom is 0.253 e. The first-order valence-corrected chi connectivity index (χ1v) is 11.8. The average molecular weight is 467 g/mol. The number of rotatable bonds is 6. The molecule has 34 heavy (non-hydrogen) atoms. The minimum atomic E-state index is -0.816. The second-order valence-corrected chi connectivity index (χ2v) is 8.81. The second kappa shape index (κ2) is 9.83. The highest BCUT2D eigenvalue weighted by Crippen LogP contribution is 2.39. The predicted octanol–water partition coefficient (Wildman–Crippen LogP) is 2.98. The van der Waals surface area contributed by atoms with Gasteiger partial charge in [0.15, 0.2) is 0 Å². The Labute approximate surface area is 199 Å². The van der Waals surface area contributed by atoms with Crippen LogP contribution in [0.4, 0.5) is 10.1 Å². The summed E-state index contributed by atoms with van der Waals surface area (Å²) in [5, 5.41) is 0. The lowest BCUT2D eigenvalue weighted by molar-refractivity contribution is -0.140. The van der Waals surface area contributed by atoms with E-state index < -0.39 is 11.4 Å². The van der Waals surface area contributed by atoms with Gasteiger partial charge in [0.2, 0.25) is 5.91 Å². The third kappa shape index (κ3) is 4.36. The van der Waals surface area contributed by atoms with Crippen LogP contribution in [-0.4, -0.2) is 77.4 Å². The zero-order valence-electron chi connectivity index (χ0n) is 19.7. The number of likely N-dealkylation sites (tertiary alicyclic amines) is 1. The van der Waals surface area contributed by atoms with Gasteiger partial charge in [-0.15, -0.1) is 0 Å². The van der Waals surface area contributed by atoms with Crippen molar-refractivity contribution in [2.75, 3.05) is 44.3 Å². The van der Waals surface area contributed by atoms with Crippen molar-refractivity contribution in [1.29, 1.82) is 0 Å². The number of carbonyl (C=O) groups excluding carboxylic acids is 3. The van der Waals surface area contributed by atoms with Gasteiger partial charge in [0.1, 0.15) is 17.9 Å². The summed E-state index contributed by atoms with van der Waals surface area (Å²) in [5.41, 5.74) is 0.405. The van der Waals surface area contributed by atoms with E-state index >= 15 is 0 Å². The van der Waals surface area contributed by atoms with E-state index in [0.29, 0.717) is 51.3 Å². The molecule has 2 heterocycles. The van der Waals surface area contributed by atoms with Gasteiger partial charge in [-0.3, -0.25) is 14.4 Å². The van der Waals surface area contributed by atoms with Gasteiger partial charge in [-0.25, -0.2) is 4.39 Å². The minimum absolute atomic E-state index is 0.0392. The maximum absolute atomic E-state index is 13.8. The van der Waals surface area contributed by atoms with Crippen molar-refractivity contribution in [1.82, 2.24) is 14.7 Å². The largest absolute Gasteiger partial charge is 0.342 e. The standard InChI is InChI=1S/C26H31FN4O3/c1-3-28(4-2)23(32)18-30-19-31(22-11-6-5-7-12-22)26(25(30)34)13-15-29(16-14-26)24(33)20-9-8-10-21(27)17-20/h5-12,17H,3-4,13-16,18-19H2,1-2H3. The van der Waals surface area contributed by atoms with E-state index in [1.165, 1.54) is 18.2 Å². The Balaban J connectivity index is 1.56. The molecule has 0 radical (unpaired) electrons. The zero-order valence-corrected chi connectivity index (χ0v) is 19.7. The molecule has 7 nitrogen and oxygen atoms in total. The molecule has 4 rings (SSSR count). The summed E-state index contributed by atoms with van der Waals surface area (Å²) in [4.78, 5) is 46.6. The van der Waals surface area contributed by atoms with Gasteiger partial charge in [0.05, 0.1) is 6.67 Å². The Morgan fingerprint density at radius 2 is 1.68 bits per heavy atom. The quantitative estimate of drug-likeness (QED) is 0.657. The molecular formula is C26H31FN4O3. The average Bonchev–Trinajstić information content (AvgIpc) is 3.11. The molecular weight excluding hydrogens is 435 g/mol. The van der Waals surface area contributed by atoms with E-state index in [-0.39, 0.29) is 24.3 Å². The zero-order chi connectivity index (χ0) is 24.3. The fraction of sp³-hybridized carbons (Fsp3) is 0.423. The summed E-state index contributed by atoms with van der Waals surface area (Å²) in [6, 6.07) is 15.4. The molecule has 0 aromatic heterocycles. The normalized spacial score (nSPS) is 17.4. The van der Waals surface area contributed by atoms with Gasteiger partial charge in [0, 0.05) is 37.4 Å². The monoisotopic (exact) mass is 466 g/mol. The van der Waals surface area contributed by atoms with E-state index in [1.54, 1.807) is 20.8 Å². The van der Waals surface area contributed by atoms with E-state index in [2.05, 4.69) is 4.90 Å². The number of halogens is 1. The molecule has 2 aliphatic rings. The van der Waals surface area contributed by atoms with Crippen LogP contribution in [0.5, 0.6) is 0 Å². The molecule has 0 aliphatic carbocycles. The highest BCUT2D eigenvalue weighted by molar-refractivity contribution is 5.97. The van der Waals surface area contributed by atoms with Crippen LogP contribution < -0.4 is 4.90 Å². The van der Waals surface area contributed by atoms with Gasteiger partial charge < -0.3 is 19.6 Å². The van der Waals surface area contributed by atoms with E-state index in [4.69, 9.17) is 0 Å². The molecule has 3 amide bonds. The Bertz CT molecular complexity index is 1050. The van der Waals surface area contributed by atoms with Crippen molar-refractivity contribution >= 4 is 23.4 Å². The van der Waals surface area contributed by atoms with Crippen LogP contribution in [-0.2, 0) is 9.59 Å². The first-order chi connectivity index (χ1) is 16.4. The SMILES string of the molecule is CCN(CC)C(=O)CN1CN(c2ccccc2)C2(CCN(C(=O)c3cccc(F)c3)CC2)C1=O. The van der Waals surface area contributed by atoms with Crippen molar-refractivity contribution in [2.45, 2.75) is 32.2 Å². The number of hydrogen-bond acceptors (Lipinski definition) is 4. The highest BCUT2D eigenvalue weighted by Gasteiger charge is 2.54. The van der Waals surface area contributed by atoms with Crippen molar-refractivity contribution in [2.24, 2.45) is 0 Å². The van der Waals surface area contributed by atoms with Crippen molar-refractivity contribution in [3.05, 3.63) is 66.0 Å². The maximum atomic E-state index is 13.8. The van der Waals surface area contributed by atoms with Crippen LogP contribution in [0.25, 0.3) is 0 Å². The number of likely N-dealkylation sites (N-methyl/N-ethyl adjacent to an activating group) is 1. The Hall–Kier alpha value is -3.42. The smallest absolute Gasteiger partial charge is 0.253 e. The lowest BCUT2D eigenvalue weighted by Gasteiger charge is -2.43. The van der Waals surface area contributed by atoms with Crippen molar-refractivity contribution in [3.63, 3.8) is 0 Å². The molecule has 1 spiro atoms. The highest BCUT2D eigenvalue weighted by atomic mass is 19.1. The topological polar surface area (TPSA) is 64.2 Å². The molecule has 2 aliphatic heterocycles. The van der Waals surface area contributed by atoms with Crippen LogP contribution in [0, 0.1) is 5.82 Å². The first kappa shape index (κ1) is 23.7. The lowest BCUT2D eigenvalue weighted by Crippen LogP contribution is -2.57. The minimum Gasteiger partial charge on any atom is -0.342 e. The Kier molecular flexibility index (Phi) is 6.86. The van der Waals surface area contributed by atoms with Crippen molar-refractivity contribution < 1.29 is 18.8 Å². The number of anilines is 1. The number of hydrogen-bond donors (Lipinski definition) is 0.